The van der Waals surface area contributed by atoms with E-state index in [2.05, 4.69) is 130 Å². The van der Waals surface area contributed by atoms with Gasteiger partial charge in [0.05, 0.1) is 22.1 Å². The van der Waals surface area contributed by atoms with Crippen LogP contribution in [0.4, 0.5) is 0 Å². The Morgan fingerprint density at radius 3 is 1.41 bits per heavy atom. The van der Waals surface area contributed by atoms with Crippen LogP contribution in [0.15, 0.2) is 138 Å². The summed E-state index contributed by atoms with van der Waals surface area (Å²) < 4.78 is 11.0. The first-order valence-corrected chi connectivity index (χ1v) is 13.3. The minimum Gasteiger partial charge on any atom is -0.456 e. The van der Waals surface area contributed by atoms with Gasteiger partial charge in [0.15, 0.2) is 0 Å². The molecule has 39 heavy (non-hydrogen) atoms. The highest BCUT2D eigenvalue weighted by atomic mass is 16.3. The smallest absolute Gasteiger partial charge is 0.137 e. The van der Waals surface area contributed by atoms with E-state index in [4.69, 9.17) is 4.42 Å². The van der Waals surface area contributed by atoms with E-state index in [1.165, 1.54) is 43.6 Å². The molecule has 182 valence electrons. The fourth-order valence-electron chi connectivity index (χ4n) is 6.43. The Kier molecular flexibility index (Phi) is 4.05. The number of nitrogens with zero attached hydrogens (tertiary/aromatic N) is 2. The van der Waals surface area contributed by atoms with E-state index in [-0.39, 0.29) is 0 Å². The van der Waals surface area contributed by atoms with Crippen molar-refractivity contribution in [2.45, 2.75) is 0 Å². The summed E-state index contributed by atoms with van der Waals surface area (Å²) in [5.41, 5.74) is 8.83. The van der Waals surface area contributed by atoms with Crippen LogP contribution in [-0.4, -0.2) is 9.13 Å². The molecule has 0 fully saturated rings. The molecule has 0 aliphatic heterocycles. The molecule has 0 unspecified atom stereocenters. The lowest BCUT2D eigenvalue weighted by molar-refractivity contribution is 0.668. The van der Waals surface area contributed by atoms with Crippen molar-refractivity contribution in [1.29, 1.82) is 0 Å². The van der Waals surface area contributed by atoms with Crippen molar-refractivity contribution in [2.24, 2.45) is 0 Å². The van der Waals surface area contributed by atoms with Crippen LogP contribution in [0.2, 0.25) is 0 Å². The number of benzene rings is 6. The third-order valence-electron chi connectivity index (χ3n) is 8.12. The third kappa shape index (κ3) is 2.82. The Bertz CT molecular complexity index is 2350. The Hall–Kier alpha value is -5.28. The molecule has 0 bridgehead atoms. The lowest BCUT2D eigenvalue weighted by atomic mass is 10.1. The molecule has 9 aromatic rings. The number of rotatable bonds is 2. The average Bonchev–Trinajstić information content (AvgIpc) is 3.64. The largest absolute Gasteiger partial charge is 0.456 e. The van der Waals surface area contributed by atoms with Gasteiger partial charge in [-0.25, -0.2) is 0 Å². The number of hydrogen-bond donors (Lipinski definition) is 0. The summed E-state index contributed by atoms with van der Waals surface area (Å²) in [6.45, 7) is 0. The Morgan fingerprint density at radius 2 is 0.769 bits per heavy atom. The molecule has 0 saturated heterocycles. The predicted octanol–water partition coefficient (Wildman–Crippen LogP) is 9.78. The van der Waals surface area contributed by atoms with E-state index >= 15 is 0 Å². The number of hydrogen-bond acceptors (Lipinski definition) is 1. The second-order valence-electron chi connectivity index (χ2n) is 10.2. The first kappa shape index (κ1) is 20.7. The Balaban J connectivity index is 1.37. The van der Waals surface area contributed by atoms with Crippen LogP contribution >= 0.6 is 0 Å². The minimum atomic E-state index is 0.901. The molecule has 3 heterocycles. The maximum atomic E-state index is 6.28. The number of fused-ring (bicyclic) bond motifs is 9. The van der Waals surface area contributed by atoms with Crippen molar-refractivity contribution in [1.82, 2.24) is 9.13 Å². The highest BCUT2D eigenvalue weighted by Gasteiger charge is 2.17. The van der Waals surface area contributed by atoms with Gasteiger partial charge in [0.2, 0.25) is 0 Å². The van der Waals surface area contributed by atoms with E-state index in [0.29, 0.717) is 0 Å². The van der Waals surface area contributed by atoms with Crippen molar-refractivity contribution >= 4 is 65.6 Å². The maximum Gasteiger partial charge on any atom is 0.137 e. The van der Waals surface area contributed by atoms with Crippen LogP contribution in [0.25, 0.3) is 76.9 Å². The van der Waals surface area contributed by atoms with Gasteiger partial charge in [-0.3, -0.25) is 0 Å². The average molecular weight is 499 g/mol. The van der Waals surface area contributed by atoms with Gasteiger partial charge in [0.1, 0.15) is 11.2 Å². The van der Waals surface area contributed by atoms with Gasteiger partial charge in [-0.1, -0.05) is 78.9 Å². The zero-order chi connectivity index (χ0) is 25.5. The van der Waals surface area contributed by atoms with Crippen LogP contribution in [0, 0.1) is 0 Å². The van der Waals surface area contributed by atoms with Gasteiger partial charge in [0, 0.05) is 49.8 Å². The van der Waals surface area contributed by atoms with E-state index < -0.39 is 0 Å². The molecule has 0 radical (unpaired) electrons. The van der Waals surface area contributed by atoms with Gasteiger partial charge in [-0.05, 0) is 48.5 Å². The van der Waals surface area contributed by atoms with Gasteiger partial charge in [-0.15, -0.1) is 0 Å². The summed E-state index contributed by atoms with van der Waals surface area (Å²) >= 11 is 0. The summed E-state index contributed by atoms with van der Waals surface area (Å²) in [5, 5.41) is 7.30. The zero-order valence-corrected chi connectivity index (χ0v) is 21.0. The van der Waals surface area contributed by atoms with Crippen molar-refractivity contribution in [3.8, 4) is 11.4 Å². The number of para-hydroxylation sites is 4. The lowest BCUT2D eigenvalue weighted by Crippen LogP contribution is -1.96. The number of furan rings is 1. The molecule has 0 aliphatic rings. The van der Waals surface area contributed by atoms with Gasteiger partial charge in [-0.2, -0.15) is 0 Å². The van der Waals surface area contributed by atoms with Crippen molar-refractivity contribution in [2.75, 3.05) is 0 Å². The molecule has 9 rings (SSSR count). The maximum absolute atomic E-state index is 6.28. The fraction of sp³-hybridized carbons (Fsp3) is 0. The van der Waals surface area contributed by atoms with Crippen molar-refractivity contribution in [3.63, 3.8) is 0 Å². The second kappa shape index (κ2) is 7.62. The molecule has 0 N–H and O–H groups in total. The molecular formula is C36H22N2O. The van der Waals surface area contributed by atoms with Gasteiger partial charge in [0.25, 0.3) is 0 Å². The first-order valence-electron chi connectivity index (χ1n) is 13.3. The van der Waals surface area contributed by atoms with Crippen LogP contribution in [0.3, 0.4) is 0 Å². The van der Waals surface area contributed by atoms with Gasteiger partial charge < -0.3 is 13.6 Å². The molecule has 3 heteroatoms. The lowest BCUT2D eigenvalue weighted by Gasteiger charge is -2.11. The molecule has 0 aliphatic carbocycles. The minimum absolute atomic E-state index is 0.901. The summed E-state index contributed by atoms with van der Waals surface area (Å²) in [6, 6.07) is 47.7. The Morgan fingerprint density at radius 1 is 0.333 bits per heavy atom. The summed E-state index contributed by atoms with van der Waals surface area (Å²) in [4.78, 5) is 0. The highest BCUT2D eigenvalue weighted by molar-refractivity contribution is 6.12. The molecule has 0 atom stereocenters. The SMILES string of the molecule is c1ccc2c(c1)oc1cc(-n3c4ccccc4c4ccc(-n5c6ccccc6c6ccccc65)cc43)ccc12. The molecule has 0 saturated carbocycles. The van der Waals surface area contributed by atoms with Crippen LogP contribution in [0.1, 0.15) is 0 Å². The standard InChI is InChI=1S/C36H22N2O/c1-5-13-31-25(9-1)26-10-2-6-14-32(26)37(31)23-17-19-28-27-11-3-7-15-33(27)38(34(28)21-23)24-18-20-30-29-12-4-8-16-35(29)39-36(30)22-24/h1-22H. The molecular weight excluding hydrogens is 476 g/mol. The molecule has 0 spiro atoms. The zero-order valence-electron chi connectivity index (χ0n) is 21.0. The topological polar surface area (TPSA) is 23.0 Å². The summed E-state index contributed by atoms with van der Waals surface area (Å²) in [5.74, 6) is 0. The van der Waals surface area contributed by atoms with E-state index in [1.54, 1.807) is 0 Å². The van der Waals surface area contributed by atoms with Crippen molar-refractivity contribution in [3.05, 3.63) is 133 Å². The first-order chi connectivity index (χ1) is 19.3. The van der Waals surface area contributed by atoms with E-state index in [0.717, 1.165) is 33.3 Å². The van der Waals surface area contributed by atoms with Crippen LogP contribution < -0.4 is 0 Å². The molecule has 0 amide bonds. The fourth-order valence-corrected chi connectivity index (χ4v) is 6.43. The van der Waals surface area contributed by atoms with E-state index in [9.17, 15) is 0 Å². The van der Waals surface area contributed by atoms with Crippen LogP contribution in [0.5, 0.6) is 0 Å². The molecule has 3 aromatic heterocycles. The monoisotopic (exact) mass is 498 g/mol. The quantitative estimate of drug-likeness (QED) is 0.233. The van der Waals surface area contributed by atoms with Crippen molar-refractivity contribution < 1.29 is 4.42 Å². The Labute approximate surface area is 223 Å². The highest BCUT2D eigenvalue weighted by Crippen LogP contribution is 2.38. The predicted molar refractivity (Wildman–Crippen MR) is 162 cm³/mol. The second-order valence-corrected chi connectivity index (χ2v) is 10.2. The molecule has 3 nitrogen and oxygen atoms in total. The van der Waals surface area contributed by atoms with Gasteiger partial charge >= 0.3 is 0 Å². The number of aromatic nitrogens is 2. The van der Waals surface area contributed by atoms with E-state index in [1.807, 2.05) is 12.1 Å². The molecule has 6 aromatic carbocycles. The summed E-state index contributed by atoms with van der Waals surface area (Å²) in [6.07, 6.45) is 0. The normalized spacial score (nSPS) is 12.1. The third-order valence-corrected chi connectivity index (χ3v) is 8.12. The summed E-state index contributed by atoms with van der Waals surface area (Å²) in [7, 11) is 0. The van der Waals surface area contributed by atoms with Crippen LogP contribution in [-0.2, 0) is 0 Å².